The van der Waals surface area contributed by atoms with E-state index >= 15 is 0 Å². The first-order valence-electron chi connectivity index (χ1n) is 8.13. The molecule has 2 N–H and O–H groups in total. The van der Waals surface area contributed by atoms with Gasteiger partial charge in [-0.05, 0) is 30.0 Å². The molecule has 0 saturated heterocycles. The molecule has 0 saturated carbocycles. The summed E-state index contributed by atoms with van der Waals surface area (Å²) in [4.78, 5) is 19.0. The van der Waals surface area contributed by atoms with Gasteiger partial charge in [0.25, 0.3) is 0 Å². The zero-order valence-electron chi connectivity index (χ0n) is 14.2. The van der Waals surface area contributed by atoms with E-state index in [0.29, 0.717) is 12.5 Å². The highest BCUT2D eigenvalue weighted by molar-refractivity contribution is 5.73. The molecule has 128 valence electrons. The first-order chi connectivity index (χ1) is 11.5. The van der Waals surface area contributed by atoms with Gasteiger partial charge in [-0.1, -0.05) is 39.3 Å². The fourth-order valence-corrected chi connectivity index (χ4v) is 2.24. The zero-order chi connectivity index (χ0) is 17.5. The fraction of sp³-hybridized carbons (Fsp3) is 0.412. The SMILES string of the molecule is CCCCNc1ncnc(Nc2ccc(C(C)C)cc2)c1[N+](=O)[O-]. The maximum absolute atomic E-state index is 11.5. The van der Waals surface area contributed by atoms with Crippen molar-refractivity contribution < 1.29 is 4.92 Å². The molecule has 1 aromatic carbocycles. The standard InChI is InChI=1S/C17H23N5O2/c1-4-5-10-18-16-15(22(23)24)17(20-11-19-16)21-14-8-6-13(7-9-14)12(2)3/h6-9,11-12H,4-5,10H2,1-3H3,(H2,18,19,20,21). The van der Waals surface area contributed by atoms with Crippen LogP contribution in [-0.4, -0.2) is 21.4 Å². The van der Waals surface area contributed by atoms with E-state index in [-0.39, 0.29) is 17.3 Å². The number of hydrogen-bond donors (Lipinski definition) is 2. The van der Waals surface area contributed by atoms with Gasteiger partial charge in [0.1, 0.15) is 6.33 Å². The van der Waals surface area contributed by atoms with E-state index < -0.39 is 4.92 Å². The van der Waals surface area contributed by atoms with E-state index in [1.807, 2.05) is 24.3 Å². The molecule has 0 unspecified atom stereocenters. The smallest absolute Gasteiger partial charge is 0.353 e. The molecule has 0 aliphatic heterocycles. The summed E-state index contributed by atoms with van der Waals surface area (Å²) >= 11 is 0. The van der Waals surface area contributed by atoms with E-state index in [1.165, 1.54) is 11.9 Å². The van der Waals surface area contributed by atoms with Crippen LogP contribution in [0.15, 0.2) is 30.6 Å². The lowest BCUT2D eigenvalue weighted by molar-refractivity contribution is -0.383. The van der Waals surface area contributed by atoms with Crippen LogP contribution in [0.25, 0.3) is 0 Å². The van der Waals surface area contributed by atoms with E-state index in [4.69, 9.17) is 0 Å². The summed E-state index contributed by atoms with van der Waals surface area (Å²) in [5.74, 6) is 0.859. The Hall–Kier alpha value is -2.70. The van der Waals surface area contributed by atoms with E-state index in [0.717, 1.165) is 18.5 Å². The lowest BCUT2D eigenvalue weighted by Gasteiger charge is -2.11. The lowest BCUT2D eigenvalue weighted by Crippen LogP contribution is -2.09. The summed E-state index contributed by atoms with van der Waals surface area (Å²) in [7, 11) is 0. The normalized spacial score (nSPS) is 10.7. The van der Waals surface area contributed by atoms with Gasteiger partial charge in [-0.3, -0.25) is 10.1 Å². The largest absolute Gasteiger partial charge is 0.364 e. The number of hydrogen-bond acceptors (Lipinski definition) is 6. The summed E-state index contributed by atoms with van der Waals surface area (Å²) in [6.07, 6.45) is 3.24. The highest BCUT2D eigenvalue weighted by Gasteiger charge is 2.22. The maximum Gasteiger partial charge on any atom is 0.353 e. The minimum absolute atomic E-state index is 0.137. The summed E-state index contributed by atoms with van der Waals surface area (Å²) in [5.41, 5.74) is 1.82. The molecule has 0 bridgehead atoms. The first-order valence-corrected chi connectivity index (χ1v) is 8.13. The predicted octanol–water partition coefficient (Wildman–Crippen LogP) is 4.46. The van der Waals surface area contributed by atoms with E-state index in [9.17, 15) is 10.1 Å². The molecular formula is C17H23N5O2. The third-order valence-electron chi connectivity index (χ3n) is 3.67. The average molecular weight is 329 g/mol. The Morgan fingerprint density at radius 2 is 1.83 bits per heavy atom. The van der Waals surface area contributed by atoms with E-state index in [1.54, 1.807) is 0 Å². The lowest BCUT2D eigenvalue weighted by atomic mass is 10.0. The van der Waals surface area contributed by atoms with Crippen molar-refractivity contribution in [1.29, 1.82) is 0 Å². The van der Waals surface area contributed by atoms with Crippen LogP contribution in [0.3, 0.4) is 0 Å². The van der Waals surface area contributed by atoms with Gasteiger partial charge < -0.3 is 10.6 Å². The fourth-order valence-electron chi connectivity index (χ4n) is 2.24. The molecule has 0 spiro atoms. The highest BCUT2D eigenvalue weighted by Crippen LogP contribution is 2.31. The van der Waals surface area contributed by atoms with Crippen LogP contribution < -0.4 is 10.6 Å². The Labute approximate surface area is 141 Å². The molecule has 0 aliphatic carbocycles. The molecular weight excluding hydrogens is 306 g/mol. The topological polar surface area (TPSA) is 93.0 Å². The van der Waals surface area contributed by atoms with Gasteiger partial charge >= 0.3 is 5.69 Å². The van der Waals surface area contributed by atoms with Crippen LogP contribution >= 0.6 is 0 Å². The Balaban J connectivity index is 2.25. The van der Waals surface area contributed by atoms with Gasteiger partial charge in [-0.25, -0.2) is 9.97 Å². The van der Waals surface area contributed by atoms with Crippen LogP contribution in [0, 0.1) is 10.1 Å². The van der Waals surface area contributed by atoms with Gasteiger partial charge in [-0.2, -0.15) is 0 Å². The molecule has 1 aromatic heterocycles. The minimum atomic E-state index is -0.459. The molecule has 7 heteroatoms. The molecule has 0 aliphatic rings. The molecule has 2 rings (SSSR count). The summed E-state index contributed by atoms with van der Waals surface area (Å²) < 4.78 is 0. The molecule has 2 aromatic rings. The van der Waals surface area contributed by atoms with Gasteiger partial charge in [0.15, 0.2) is 0 Å². The van der Waals surface area contributed by atoms with Crippen LogP contribution in [0.2, 0.25) is 0 Å². The Kier molecular flexibility index (Phi) is 6.06. The quantitative estimate of drug-likeness (QED) is 0.422. The number of unbranched alkanes of at least 4 members (excludes halogenated alkanes) is 1. The highest BCUT2D eigenvalue weighted by atomic mass is 16.6. The van der Waals surface area contributed by atoms with Gasteiger partial charge in [-0.15, -0.1) is 0 Å². The van der Waals surface area contributed by atoms with Gasteiger partial charge in [0.2, 0.25) is 11.6 Å². The number of nitro groups is 1. The molecule has 0 amide bonds. The van der Waals surface area contributed by atoms with Crippen molar-refractivity contribution >= 4 is 23.0 Å². The summed E-state index contributed by atoms with van der Waals surface area (Å²) in [5, 5.41) is 17.5. The first kappa shape index (κ1) is 17.7. The maximum atomic E-state index is 11.5. The molecule has 0 fully saturated rings. The minimum Gasteiger partial charge on any atom is -0.364 e. The molecule has 24 heavy (non-hydrogen) atoms. The number of anilines is 3. The van der Waals surface area contributed by atoms with Crippen molar-refractivity contribution in [3.63, 3.8) is 0 Å². The third kappa shape index (κ3) is 4.41. The van der Waals surface area contributed by atoms with Crippen LogP contribution in [-0.2, 0) is 0 Å². The second-order valence-corrected chi connectivity index (χ2v) is 5.86. The number of nitrogens with one attached hydrogen (secondary N) is 2. The van der Waals surface area contributed by atoms with Crippen LogP contribution in [0.1, 0.15) is 45.1 Å². The summed E-state index contributed by atoms with van der Waals surface area (Å²) in [6.45, 7) is 6.93. The third-order valence-corrected chi connectivity index (χ3v) is 3.67. The number of rotatable bonds is 8. The van der Waals surface area contributed by atoms with Crippen LogP contribution in [0.5, 0.6) is 0 Å². The summed E-state index contributed by atoms with van der Waals surface area (Å²) in [6, 6.07) is 7.79. The second kappa shape index (κ2) is 8.24. The Morgan fingerprint density at radius 3 is 2.42 bits per heavy atom. The van der Waals surface area contributed by atoms with Crippen LogP contribution in [0.4, 0.5) is 23.0 Å². The zero-order valence-corrected chi connectivity index (χ0v) is 14.2. The molecule has 7 nitrogen and oxygen atoms in total. The van der Waals surface area contributed by atoms with Crippen molar-refractivity contribution in [2.24, 2.45) is 0 Å². The van der Waals surface area contributed by atoms with Gasteiger partial charge in [0.05, 0.1) is 4.92 Å². The van der Waals surface area contributed by atoms with Crippen molar-refractivity contribution in [3.8, 4) is 0 Å². The Morgan fingerprint density at radius 1 is 1.17 bits per heavy atom. The van der Waals surface area contributed by atoms with Gasteiger partial charge in [0, 0.05) is 12.2 Å². The Bertz CT molecular complexity index is 686. The second-order valence-electron chi connectivity index (χ2n) is 5.86. The number of benzene rings is 1. The predicted molar refractivity (Wildman–Crippen MR) is 95.9 cm³/mol. The molecule has 0 atom stereocenters. The van der Waals surface area contributed by atoms with Crippen molar-refractivity contribution in [2.45, 2.75) is 39.5 Å². The molecule has 0 radical (unpaired) electrons. The molecule has 1 heterocycles. The van der Waals surface area contributed by atoms with Crippen molar-refractivity contribution in [2.75, 3.05) is 17.2 Å². The van der Waals surface area contributed by atoms with Crippen molar-refractivity contribution in [1.82, 2.24) is 9.97 Å². The monoisotopic (exact) mass is 329 g/mol. The number of aromatic nitrogens is 2. The van der Waals surface area contributed by atoms with E-state index in [2.05, 4.69) is 41.4 Å². The van der Waals surface area contributed by atoms with Crippen molar-refractivity contribution in [3.05, 3.63) is 46.3 Å². The number of nitrogens with zero attached hydrogens (tertiary/aromatic N) is 3. The average Bonchev–Trinajstić information content (AvgIpc) is 2.55.